The number of rotatable bonds is 11. The molecular formula is C21H29N9O2S. The highest BCUT2D eigenvalue weighted by Gasteiger charge is 2.17. The van der Waals surface area contributed by atoms with E-state index >= 15 is 0 Å². The predicted molar refractivity (Wildman–Crippen MR) is 130 cm³/mol. The summed E-state index contributed by atoms with van der Waals surface area (Å²) < 4.78 is 1.70. The fourth-order valence-electron chi connectivity index (χ4n) is 3.00. The fourth-order valence-corrected chi connectivity index (χ4v) is 3.74. The Bertz CT molecular complexity index is 1100. The first kappa shape index (κ1) is 24.2. The summed E-state index contributed by atoms with van der Waals surface area (Å²) >= 11 is 1.26. The number of fused-ring (bicyclic) bond motifs is 1. The van der Waals surface area contributed by atoms with E-state index in [1.165, 1.54) is 11.8 Å². The van der Waals surface area contributed by atoms with Crippen LogP contribution in [0.15, 0.2) is 29.4 Å². The number of thioether (sulfide) groups is 1. The Labute approximate surface area is 196 Å². The van der Waals surface area contributed by atoms with Gasteiger partial charge in [-0.1, -0.05) is 30.8 Å². The van der Waals surface area contributed by atoms with Gasteiger partial charge in [0, 0.05) is 25.2 Å². The molecule has 0 bridgehead atoms. The zero-order chi connectivity index (χ0) is 23.8. The van der Waals surface area contributed by atoms with Crippen LogP contribution < -0.4 is 21.3 Å². The third-order valence-electron chi connectivity index (χ3n) is 4.64. The molecule has 0 radical (unpaired) electrons. The summed E-state index contributed by atoms with van der Waals surface area (Å²) in [6.45, 7) is 9.00. The molecule has 4 N–H and O–H groups in total. The maximum atomic E-state index is 12.6. The molecule has 0 saturated carbocycles. The zero-order valence-electron chi connectivity index (χ0n) is 19.2. The number of nitrogens with zero attached hydrogens (tertiary/aromatic N) is 5. The largest absolute Gasteiger partial charge is 0.355 e. The van der Waals surface area contributed by atoms with E-state index in [0.717, 1.165) is 11.3 Å². The molecule has 33 heavy (non-hydrogen) atoms. The lowest BCUT2D eigenvalue weighted by Gasteiger charge is -2.15. The molecule has 12 heteroatoms. The van der Waals surface area contributed by atoms with Crippen LogP contribution in [0.3, 0.4) is 0 Å². The van der Waals surface area contributed by atoms with Crippen LogP contribution in [-0.2, 0) is 9.59 Å². The maximum Gasteiger partial charge on any atom is 0.261 e. The molecule has 2 aromatic heterocycles. The third-order valence-corrected chi connectivity index (χ3v) is 5.57. The highest BCUT2D eigenvalue weighted by Crippen LogP contribution is 2.22. The number of amides is 2. The lowest BCUT2D eigenvalue weighted by molar-refractivity contribution is -0.119. The Morgan fingerprint density at radius 3 is 2.39 bits per heavy atom. The van der Waals surface area contributed by atoms with Crippen molar-refractivity contribution >= 4 is 46.9 Å². The van der Waals surface area contributed by atoms with Gasteiger partial charge in [-0.2, -0.15) is 9.97 Å². The summed E-state index contributed by atoms with van der Waals surface area (Å²) in [6.07, 6.45) is 0.423. The SMILES string of the molecule is CCNc1nc(NCC)n2c(SCC(=O)NC(C)c3ccc(NC(=O)CC)cc3)nnc2n1. The number of carbonyl (C=O) groups is 2. The number of nitrogens with one attached hydrogen (secondary N) is 4. The Hall–Kier alpha value is -3.41. The second kappa shape index (κ2) is 11.5. The van der Waals surface area contributed by atoms with E-state index in [-0.39, 0.29) is 23.6 Å². The maximum absolute atomic E-state index is 12.6. The minimum absolute atomic E-state index is 0.0392. The van der Waals surface area contributed by atoms with Gasteiger partial charge < -0.3 is 21.3 Å². The quantitative estimate of drug-likeness (QED) is 0.311. The van der Waals surface area contributed by atoms with Gasteiger partial charge in [-0.15, -0.1) is 10.2 Å². The van der Waals surface area contributed by atoms with Gasteiger partial charge in [-0.25, -0.2) is 4.40 Å². The van der Waals surface area contributed by atoms with Crippen molar-refractivity contribution in [3.63, 3.8) is 0 Å². The molecular weight excluding hydrogens is 442 g/mol. The van der Waals surface area contributed by atoms with E-state index < -0.39 is 0 Å². The van der Waals surface area contributed by atoms with Crippen molar-refractivity contribution in [2.75, 3.05) is 34.8 Å². The molecule has 176 valence electrons. The second-order valence-corrected chi connectivity index (χ2v) is 8.09. The van der Waals surface area contributed by atoms with E-state index in [1.807, 2.05) is 45.0 Å². The van der Waals surface area contributed by atoms with E-state index in [1.54, 1.807) is 11.3 Å². The molecule has 0 aliphatic rings. The molecule has 0 saturated heterocycles. The molecule has 3 aromatic rings. The first-order valence-electron chi connectivity index (χ1n) is 10.9. The van der Waals surface area contributed by atoms with Crippen LogP contribution in [0.5, 0.6) is 0 Å². The highest BCUT2D eigenvalue weighted by atomic mass is 32.2. The first-order valence-corrected chi connectivity index (χ1v) is 11.9. The van der Waals surface area contributed by atoms with Crippen molar-refractivity contribution in [1.29, 1.82) is 0 Å². The number of anilines is 3. The van der Waals surface area contributed by atoms with Crippen LogP contribution in [0.2, 0.25) is 0 Å². The number of benzene rings is 1. The Balaban J connectivity index is 1.62. The predicted octanol–water partition coefficient (Wildman–Crippen LogP) is 2.70. The Kier molecular flexibility index (Phi) is 8.41. The second-order valence-electron chi connectivity index (χ2n) is 7.15. The Morgan fingerprint density at radius 2 is 1.73 bits per heavy atom. The van der Waals surface area contributed by atoms with Crippen LogP contribution in [0.1, 0.15) is 45.7 Å². The highest BCUT2D eigenvalue weighted by molar-refractivity contribution is 7.99. The number of hydrogen-bond acceptors (Lipinski definition) is 9. The molecule has 2 heterocycles. The van der Waals surface area contributed by atoms with Gasteiger partial charge in [0.25, 0.3) is 5.78 Å². The van der Waals surface area contributed by atoms with Gasteiger partial charge in [-0.3, -0.25) is 9.59 Å². The van der Waals surface area contributed by atoms with Crippen LogP contribution in [-0.4, -0.2) is 55.2 Å². The van der Waals surface area contributed by atoms with Crippen molar-refractivity contribution < 1.29 is 9.59 Å². The van der Waals surface area contributed by atoms with Gasteiger partial charge >= 0.3 is 0 Å². The summed E-state index contributed by atoms with van der Waals surface area (Å²) in [5.41, 5.74) is 1.67. The summed E-state index contributed by atoms with van der Waals surface area (Å²) in [7, 11) is 0. The standard InChI is InChI=1S/C21H29N9O2S/c1-5-16(31)25-15-10-8-14(9-11-15)13(4)24-17(32)12-33-21-29-28-20-27-18(22-6-2)26-19(23-7-3)30(20)21/h8-11,13H,5-7,12H2,1-4H3,(H,24,32)(H,25,31)(H2,22,23,26,27,28). The molecule has 0 fully saturated rings. The smallest absolute Gasteiger partial charge is 0.261 e. The molecule has 0 aliphatic carbocycles. The summed E-state index contributed by atoms with van der Waals surface area (Å²) in [5.74, 6) is 1.43. The van der Waals surface area contributed by atoms with E-state index in [9.17, 15) is 9.59 Å². The lowest BCUT2D eigenvalue weighted by atomic mass is 10.1. The average molecular weight is 472 g/mol. The first-order chi connectivity index (χ1) is 15.9. The molecule has 1 atom stereocenters. The zero-order valence-corrected chi connectivity index (χ0v) is 20.0. The van der Waals surface area contributed by atoms with Gasteiger partial charge in [0.1, 0.15) is 0 Å². The molecule has 0 aliphatic heterocycles. The molecule has 1 aromatic carbocycles. The van der Waals surface area contributed by atoms with Gasteiger partial charge in [-0.05, 0) is 38.5 Å². The van der Waals surface area contributed by atoms with Crippen molar-refractivity contribution in [2.45, 2.75) is 45.3 Å². The molecule has 3 rings (SSSR count). The van der Waals surface area contributed by atoms with Crippen LogP contribution in [0.25, 0.3) is 5.78 Å². The third kappa shape index (κ3) is 6.31. The van der Waals surface area contributed by atoms with Crippen molar-refractivity contribution in [3.8, 4) is 0 Å². The fraction of sp³-hybridized carbons (Fsp3) is 0.429. The topological polar surface area (TPSA) is 138 Å². The van der Waals surface area contributed by atoms with Crippen LogP contribution in [0, 0.1) is 0 Å². The van der Waals surface area contributed by atoms with E-state index in [0.29, 0.717) is 42.3 Å². The minimum Gasteiger partial charge on any atom is -0.355 e. The molecule has 0 spiro atoms. The van der Waals surface area contributed by atoms with Gasteiger partial charge in [0.15, 0.2) is 5.16 Å². The molecule has 2 amide bonds. The van der Waals surface area contributed by atoms with Gasteiger partial charge in [0.05, 0.1) is 11.8 Å². The van der Waals surface area contributed by atoms with Crippen molar-refractivity contribution in [2.24, 2.45) is 0 Å². The van der Waals surface area contributed by atoms with Gasteiger partial charge in [0.2, 0.25) is 23.7 Å². The Morgan fingerprint density at radius 1 is 1.00 bits per heavy atom. The van der Waals surface area contributed by atoms with Crippen molar-refractivity contribution in [3.05, 3.63) is 29.8 Å². The minimum atomic E-state index is -0.188. The molecule has 11 nitrogen and oxygen atoms in total. The number of carbonyl (C=O) groups excluding carboxylic acids is 2. The normalized spacial score (nSPS) is 11.8. The van der Waals surface area contributed by atoms with Crippen LogP contribution in [0.4, 0.5) is 17.6 Å². The monoisotopic (exact) mass is 471 g/mol. The average Bonchev–Trinajstić information content (AvgIpc) is 3.21. The van der Waals surface area contributed by atoms with Crippen LogP contribution >= 0.6 is 11.8 Å². The summed E-state index contributed by atoms with van der Waals surface area (Å²) in [6, 6.07) is 7.24. The van der Waals surface area contributed by atoms with E-state index in [4.69, 9.17) is 0 Å². The summed E-state index contributed by atoms with van der Waals surface area (Å²) in [4.78, 5) is 32.9. The lowest BCUT2D eigenvalue weighted by Crippen LogP contribution is -2.28. The number of hydrogen-bond donors (Lipinski definition) is 4. The van der Waals surface area contributed by atoms with E-state index in [2.05, 4.69) is 41.4 Å². The van der Waals surface area contributed by atoms with Crippen molar-refractivity contribution in [1.82, 2.24) is 29.9 Å². The number of aromatic nitrogens is 5. The summed E-state index contributed by atoms with van der Waals surface area (Å²) in [5, 5.41) is 20.9. The molecule has 1 unspecified atom stereocenters.